The molecule has 0 aromatic carbocycles. The summed E-state index contributed by atoms with van der Waals surface area (Å²) in [6.45, 7) is 4.17. The molecule has 19 heavy (non-hydrogen) atoms. The minimum Gasteiger partial charge on any atom is -0.376 e. The highest BCUT2D eigenvalue weighted by atomic mass is 16.6. The molecule has 0 saturated carbocycles. The van der Waals surface area contributed by atoms with E-state index in [4.69, 9.17) is 29.2 Å². The third kappa shape index (κ3) is 9.32. The summed E-state index contributed by atoms with van der Waals surface area (Å²) in [7, 11) is 0. The molecule has 0 radical (unpaired) electrons. The molecule has 3 aliphatic heterocycles. The van der Waals surface area contributed by atoms with Crippen molar-refractivity contribution in [3.8, 4) is 0 Å². The molecule has 3 heterocycles. The summed E-state index contributed by atoms with van der Waals surface area (Å²) in [4.78, 5) is 0. The van der Waals surface area contributed by atoms with Crippen molar-refractivity contribution in [1.82, 2.24) is 0 Å². The van der Waals surface area contributed by atoms with E-state index in [-0.39, 0.29) is 0 Å². The zero-order chi connectivity index (χ0) is 13.5. The van der Waals surface area contributed by atoms with Gasteiger partial charge >= 0.3 is 0 Å². The third-order valence-corrected chi connectivity index (χ3v) is 3.05. The van der Waals surface area contributed by atoms with E-state index >= 15 is 0 Å². The van der Waals surface area contributed by atoms with Crippen LogP contribution in [0, 0.1) is 0 Å². The zero-order valence-corrected chi connectivity index (χ0v) is 11.2. The van der Waals surface area contributed by atoms with Gasteiger partial charge in [0.05, 0.1) is 39.1 Å². The monoisotopic (exact) mass is 276 g/mol. The van der Waals surface area contributed by atoms with E-state index in [0.29, 0.717) is 24.7 Å². The van der Waals surface area contributed by atoms with Gasteiger partial charge in [0.15, 0.2) is 6.29 Å². The lowest BCUT2D eigenvalue weighted by atomic mass is 10.1. The minimum absolute atomic E-state index is 0.392. The number of aliphatic hydroxyl groups is 2. The van der Waals surface area contributed by atoms with Crippen molar-refractivity contribution in [2.45, 2.75) is 50.3 Å². The van der Waals surface area contributed by atoms with Gasteiger partial charge in [-0.15, -0.1) is 0 Å². The average Bonchev–Trinajstić information content (AvgIpc) is 3.25. The summed E-state index contributed by atoms with van der Waals surface area (Å²) in [5.74, 6) is 0. The average molecular weight is 276 g/mol. The fourth-order valence-electron chi connectivity index (χ4n) is 1.59. The van der Waals surface area contributed by atoms with E-state index in [1.165, 1.54) is 0 Å². The van der Waals surface area contributed by atoms with Crippen LogP contribution >= 0.6 is 0 Å². The van der Waals surface area contributed by atoms with Gasteiger partial charge in [0.2, 0.25) is 0 Å². The Labute approximate surface area is 113 Å². The molecule has 6 heteroatoms. The molecule has 0 aromatic heterocycles. The summed E-state index contributed by atoms with van der Waals surface area (Å²) in [6, 6.07) is 0. The molecule has 0 aliphatic carbocycles. The Morgan fingerprint density at radius 2 is 1.42 bits per heavy atom. The Bertz CT molecular complexity index is 219. The van der Waals surface area contributed by atoms with Crippen LogP contribution in [0.4, 0.5) is 0 Å². The Morgan fingerprint density at radius 1 is 0.895 bits per heavy atom. The van der Waals surface area contributed by atoms with Crippen LogP contribution in [-0.4, -0.2) is 67.8 Å². The van der Waals surface area contributed by atoms with Gasteiger partial charge in [0.25, 0.3) is 0 Å². The second-order valence-electron chi connectivity index (χ2n) is 5.17. The number of rotatable bonds is 9. The molecule has 3 saturated heterocycles. The molecule has 112 valence electrons. The maximum Gasteiger partial charge on any atom is 0.151 e. The van der Waals surface area contributed by atoms with Crippen molar-refractivity contribution < 1.29 is 29.2 Å². The minimum atomic E-state index is -1.12. The molecule has 3 unspecified atom stereocenters. The van der Waals surface area contributed by atoms with E-state index < -0.39 is 6.29 Å². The summed E-state index contributed by atoms with van der Waals surface area (Å²) >= 11 is 0. The van der Waals surface area contributed by atoms with E-state index in [1.54, 1.807) is 0 Å². The van der Waals surface area contributed by atoms with E-state index in [0.717, 1.165) is 52.3 Å². The first-order valence-corrected chi connectivity index (χ1v) is 7.02. The number of aliphatic hydroxyl groups excluding tert-OH is 1. The number of ether oxygens (including phenoxy) is 4. The molecule has 3 aliphatic rings. The highest BCUT2D eigenvalue weighted by Crippen LogP contribution is 2.17. The third-order valence-electron chi connectivity index (χ3n) is 3.05. The Hall–Kier alpha value is -0.240. The highest BCUT2D eigenvalue weighted by Gasteiger charge is 2.26. The second-order valence-corrected chi connectivity index (χ2v) is 5.17. The molecule has 0 aromatic rings. The normalized spacial score (nSPS) is 30.8. The number of hydrogen-bond acceptors (Lipinski definition) is 6. The van der Waals surface area contributed by atoms with Gasteiger partial charge in [0.1, 0.15) is 12.2 Å². The summed E-state index contributed by atoms with van der Waals surface area (Å²) in [5.41, 5.74) is 0. The van der Waals surface area contributed by atoms with Crippen molar-refractivity contribution in [3.05, 3.63) is 0 Å². The van der Waals surface area contributed by atoms with Crippen molar-refractivity contribution in [1.29, 1.82) is 0 Å². The fourth-order valence-corrected chi connectivity index (χ4v) is 1.59. The number of unbranched alkanes of at least 4 members (excludes halogenated alkanes) is 1. The largest absolute Gasteiger partial charge is 0.376 e. The van der Waals surface area contributed by atoms with Gasteiger partial charge < -0.3 is 29.2 Å². The first-order valence-electron chi connectivity index (χ1n) is 7.02. The van der Waals surface area contributed by atoms with Crippen molar-refractivity contribution in [3.63, 3.8) is 0 Å². The van der Waals surface area contributed by atoms with Gasteiger partial charge in [-0.3, -0.25) is 0 Å². The van der Waals surface area contributed by atoms with Gasteiger partial charge in [-0.1, -0.05) is 6.42 Å². The predicted octanol–water partition coefficient (Wildman–Crippen LogP) is 0.0569. The summed E-state index contributed by atoms with van der Waals surface area (Å²) < 4.78 is 20.1. The van der Waals surface area contributed by atoms with Crippen molar-refractivity contribution in [2.75, 3.05) is 33.0 Å². The van der Waals surface area contributed by atoms with Gasteiger partial charge in [-0.2, -0.15) is 0 Å². The number of hydrogen-bond donors (Lipinski definition) is 2. The molecule has 6 nitrogen and oxygen atoms in total. The van der Waals surface area contributed by atoms with E-state index in [2.05, 4.69) is 0 Å². The molecule has 2 N–H and O–H groups in total. The molecular weight excluding hydrogens is 252 g/mol. The second kappa shape index (κ2) is 8.14. The summed E-state index contributed by atoms with van der Waals surface area (Å²) in [6.07, 6.45) is 3.64. The Morgan fingerprint density at radius 3 is 1.84 bits per heavy atom. The molecule has 3 fully saturated rings. The maximum absolute atomic E-state index is 8.46. The van der Waals surface area contributed by atoms with Gasteiger partial charge in [0, 0.05) is 0 Å². The van der Waals surface area contributed by atoms with Crippen molar-refractivity contribution >= 4 is 0 Å². The topological polar surface area (TPSA) is 87.3 Å². The lowest BCUT2D eigenvalue weighted by molar-refractivity contribution is -0.0466. The molecule has 0 amide bonds. The lowest BCUT2D eigenvalue weighted by Gasteiger charge is -2.00. The SMILES string of the molecule is C(OCC1CO1)C1CO1.OC(O)CCCCC1CO1. The van der Waals surface area contributed by atoms with Crippen LogP contribution in [0.3, 0.4) is 0 Å². The zero-order valence-electron chi connectivity index (χ0n) is 11.2. The Kier molecular flexibility index (Phi) is 6.49. The Balaban J connectivity index is 0.000000141. The maximum atomic E-state index is 8.46. The smallest absolute Gasteiger partial charge is 0.151 e. The molecular formula is C13H24O6. The molecule has 3 rings (SSSR count). The van der Waals surface area contributed by atoms with Gasteiger partial charge in [-0.25, -0.2) is 0 Å². The van der Waals surface area contributed by atoms with Crippen molar-refractivity contribution in [2.24, 2.45) is 0 Å². The fraction of sp³-hybridized carbons (Fsp3) is 1.00. The first-order chi connectivity index (χ1) is 9.24. The highest BCUT2D eigenvalue weighted by molar-refractivity contribution is 4.71. The van der Waals surface area contributed by atoms with Crippen LogP contribution in [0.15, 0.2) is 0 Å². The quantitative estimate of drug-likeness (QED) is 0.352. The van der Waals surface area contributed by atoms with Crippen LogP contribution in [0.25, 0.3) is 0 Å². The van der Waals surface area contributed by atoms with Crippen LogP contribution in [-0.2, 0) is 18.9 Å². The van der Waals surface area contributed by atoms with Crippen LogP contribution < -0.4 is 0 Å². The van der Waals surface area contributed by atoms with E-state index in [1.807, 2.05) is 0 Å². The van der Waals surface area contributed by atoms with Crippen LogP contribution in [0.5, 0.6) is 0 Å². The predicted molar refractivity (Wildman–Crippen MR) is 66.7 cm³/mol. The number of epoxide rings is 3. The first kappa shape index (κ1) is 15.2. The van der Waals surface area contributed by atoms with E-state index in [9.17, 15) is 0 Å². The van der Waals surface area contributed by atoms with Gasteiger partial charge in [-0.05, 0) is 19.3 Å². The molecule has 3 atom stereocenters. The van der Waals surface area contributed by atoms with Crippen LogP contribution in [0.1, 0.15) is 25.7 Å². The molecule has 0 spiro atoms. The summed E-state index contributed by atoms with van der Waals surface area (Å²) in [5, 5.41) is 16.9. The molecule has 0 bridgehead atoms. The lowest BCUT2D eigenvalue weighted by Crippen LogP contribution is -2.06. The van der Waals surface area contributed by atoms with Crippen LogP contribution in [0.2, 0.25) is 0 Å². The standard InChI is InChI=1S/C7H14O3.C6H10O3/c8-7(9)4-2-1-3-6-5-10-6;1(5-3-8-5)7-2-6-4-9-6/h6-9H,1-5H2;5-6H,1-4H2.